The van der Waals surface area contributed by atoms with E-state index in [1.807, 2.05) is 13.8 Å². The summed E-state index contributed by atoms with van der Waals surface area (Å²) in [6.45, 7) is 8.46. The van der Waals surface area contributed by atoms with Gasteiger partial charge in [-0.3, -0.25) is 9.59 Å². The third-order valence-corrected chi connectivity index (χ3v) is 5.85. The summed E-state index contributed by atoms with van der Waals surface area (Å²) in [4.78, 5) is 39.9. The van der Waals surface area contributed by atoms with E-state index in [1.54, 1.807) is 49.1 Å². The van der Waals surface area contributed by atoms with Crippen molar-refractivity contribution in [2.24, 2.45) is 0 Å². The van der Waals surface area contributed by atoms with Gasteiger partial charge in [0.1, 0.15) is 5.00 Å². The van der Waals surface area contributed by atoms with Crippen molar-refractivity contribution in [2.45, 2.75) is 27.7 Å². The highest BCUT2D eigenvalue weighted by molar-refractivity contribution is 7.18. The summed E-state index contributed by atoms with van der Waals surface area (Å²) in [5.41, 5.74) is 1.53. The Kier molecular flexibility index (Phi) is 8.62. The van der Waals surface area contributed by atoms with Crippen molar-refractivity contribution in [1.29, 1.82) is 0 Å². The van der Waals surface area contributed by atoms with Crippen LogP contribution in [0.3, 0.4) is 0 Å². The molecule has 1 aromatic heterocycles. The van der Waals surface area contributed by atoms with E-state index in [1.165, 1.54) is 6.08 Å². The number of benzene rings is 1. The van der Waals surface area contributed by atoms with Crippen LogP contribution in [0.25, 0.3) is 6.08 Å². The second-order valence-corrected chi connectivity index (χ2v) is 7.79. The molecule has 160 valence electrons. The second kappa shape index (κ2) is 10.9. The van der Waals surface area contributed by atoms with Crippen molar-refractivity contribution in [3.05, 3.63) is 56.9 Å². The van der Waals surface area contributed by atoms with E-state index >= 15 is 0 Å². The van der Waals surface area contributed by atoms with E-state index in [2.05, 4.69) is 5.32 Å². The van der Waals surface area contributed by atoms with Crippen molar-refractivity contribution >= 4 is 51.8 Å². The predicted molar refractivity (Wildman–Crippen MR) is 121 cm³/mol. The topological polar surface area (TPSA) is 75.7 Å². The number of ether oxygens (including phenoxy) is 1. The molecule has 0 saturated heterocycles. The molecule has 2 aromatic rings. The van der Waals surface area contributed by atoms with Gasteiger partial charge in [0.05, 0.1) is 17.0 Å². The Bertz CT molecular complexity index is 947. The Hall–Kier alpha value is -2.64. The average molecular weight is 449 g/mol. The summed E-state index contributed by atoms with van der Waals surface area (Å²) in [5.74, 6) is -1.16. The Morgan fingerprint density at radius 3 is 2.33 bits per heavy atom. The van der Waals surface area contributed by atoms with Gasteiger partial charge in [-0.25, -0.2) is 4.79 Å². The van der Waals surface area contributed by atoms with Crippen LogP contribution >= 0.6 is 22.9 Å². The fraction of sp³-hybridized carbons (Fsp3) is 0.318. The van der Waals surface area contributed by atoms with Crippen molar-refractivity contribution < 1.29 is 19.1 Å². The van der Waals surface area contributed by atoms with Crippen LogP contribution in [0.5, 0.6) is 0 Å². The predicted octanol–water partition coefficient (Wildman–Crippen LogP) is 5.02. The molecule has 1 N–H and O–H groups in total. The summed E-state index contributed by atoms with van der Waals surface area (Å²) >= 11 is 6.95. The molecule has 0 aliphatic carbocycles. The Morgan fingerprint density at radius 1 is 1.13 bits per heavy atom. The van der Waals surface area contributed by atoms with E-state index in [0.717, 1.165) is 16.9 Å². The monoisotopic (exact) mass is 448 g/mol. The van der Waals surface area contributed by atoms with Crippen LogP contribution in [0.15, 0.2) is 30.3 Å². The van der Waals surface area contributed by atoms with Gasteiger partial charge in [-0.1, -0.05) is 23.7 Å². The van der Waals surface area contributed by atoms with Crippen molar-refractivity contribution in [3.8, 4) is 0 Å². The summed E-state index contributed by atoms with van der Waals surface area (Å²) < 4.78 is 5.14. The molecule has 0 aliphatic rings. The van der Waals surface area contributed by atoms with Crippen LogP contribution in [0.2, 0.25) is 5.02 Å². The zero-order valence-corrected chi connectivity index (χ0v) is 19.0. The molecule has 1 heterocycles. The molecule has 2 rings (SSSR count). The van der Waals surface area contributed by atoms with Crippen molar-refractivity contribution in [3.63, 3.8) is 0 Å². The molecular formula is C22H25ClN2O4S. The lowest BCUT2D eigenvalue weighted by molar-refractivity contribution is -0.111. The summed E-state index contributed by atoms with van der Waals surface area (Å²) in [5, 5.41) is 3.62. The smallest absolute Gasteiger partial charge is 0.341 e. The number of esters is 1. The maximum Gasteiger partial charge on any atom is 0.341 e. The van der Waals surface area contributed by atoms with Crippen LogP contribution < -0.4 is 5.32 Å². The average Bonchev–Trinajstić information content (AvgIpc) is 3.04. The van der Waals surface area contributed by atoms with Gasteiger partial charge < -0.3 is 15.0 Å². The van der Waals surface area contributed by atoms with Gasteiger partial charge in [0.15, 0.2) is 0 Å². The number of hydrogen-bond acceptors (Lipinski definition) is 5. The molecule has 0 spiro atoms. The van der Waals surface area contributed by atoms with E-state index < -0.39 is 11.9 Å². The maximum atomic E-state index is 12.8. The number of rotatable bonds is 8. The van der Waals surface area contributed by atoms with E-state index in [4.69, 9.17) is 16.3 Å². The molecular weight excluding hydrogens is 424 g/mol. The number of anilines is 1. The molecule has 0 saturated carbocycles. The number of nitrogens with zero attached hydrogens (tertiary/aromatic N) is 1. The van der Waals surface area contributed by atoms with Gasteiger partial charge in [-0.15, -0.1) is 11.3 Å². The van der Waals surface area contributed by atoms with Gasteiger partial charge >= 0.3 is 5.97 Å². The highest BCUT2D eigenvalue weighted by atomic mass is 35.5. The minimum Gasteiger partial charge on any atom is -0.462 e. The van der Waals surface area contributed by atoms with Crippen LogP contribution in [-0.2, 0) is 9.53 Å². The second-order valence-electron chi connectivity index (χ2n) is 6.33. The lowest BCUT2D eigenvalue weighted by atomic mass is 10.1. The Labute approximate surface area is 185 Å². The first-order valence-corrected chi connectivity index (χ1v) is 10.9. The number of carbonyl (C=O) groups excluding carboxylic acids is 3. The quantitative estimate of drug-likeness (QED) is 0.454. The van der Waals surface area contributed by atoms with Gasteiger partial charge in [0.2, 0.25) is 5.91 Å². The maximum absolute atomic E-state index is 12.8. The highest BCUT2D eigenvalue weighted by Gasteiger charge is 2.27. The van der Waals surface area contributed by atoms with Crippen LogP contribution in [0, 0.1) is 6.92 Å². The minimum atomic E-state index is -0.568. The zero-order chi connectivity index (χ0) is 22.3. The first-order valence-electron chi connectivity index (χ1n) is 9.66. The molecule has 6 nitrogen and oxygen atoms in total. The molecule has 0 atom stereocenters. The fourth-order valence-electron chi connectivity index (χ4n) is 2.81. The molecule has 8 heteroatoms. The third-order valence-electron chi connectivity index (χ3n) is 4.41. The van der Waals surface area contributed by atoms with Crippen LogP contribution in [0.1, 0.15) is 51.9 Å². The number of hydrogen-bond donors (Lipinski definition) is 1. The van der Waals surface area contributed by atoms with E-state index in [-0.39, 0.29) is 18.1 Å². The number of amides is 2. The van der Waals surface area contributed by atoms with Crippen LogP contribution in [-0.4, -0.2) is 42.4 Å². The van der Waals surface area contributed by atoms with Gasteiger partial charge in [0, 0.05) is 24.2 Å². The van der Waals surface area contributed by atoms with Crippen molar-refractivity contribution in [2.75, 3.05) is 25.0 Å². The lowest BCUT2D eigenvalue weighted by Gasteiger charge is -2.18. The largest absolute Gasteiger partial charge is 0.462 e. The molecule has 0 fully saturated rings. The van der Waals surface area contributed by atoms with E-state index in [0.29, 0.717) is 33.6 Å². The first kappa shape index (κ1) is 23.6. The summed E-state index contributed by atoms with van der Waals surface area (Å²) in [6, 6.07) is 7.02. The van der Waals surface area contributed by atoms with Gasteiger partial charge in [-0.05, 0) is 57.0 Å². The molecule has 30 heavy (non-hydrogen) atoms. The molecule has 2 amide bonds. The van der Waals surface area contributed by atoms with Gasteiger partial charge in [-0.2, -0.15) is 0 Å². The number of halogens is 1. The first-order chi connectivity index (χ1) is 14.3. The normalized spacial score (nSPS) is 10.8. The van der Waals surface area contributed by atoms with Crippen molar-refractivity contribution in [1.82, 2.24) is 4.90 Å². The van der Waals surface area contributed by atoms with Crippen LogP contribution in [0.4, 0.5) is 5.00 Å². The SMILES string of the molecule is CCOC(=O)c1c(NC(=O)C=Cc2ccc(Cl)cc2)sc(C(=O)N(CC)CC)c1C. The zero-order valence-electron chi connectivity index (χ0n) is 17.5. The summed E-state index contributed by atoms with van der Waals surface area (Å²) in [6.07, 6.45) is 3.00. The number of nitrogens with one attached hydrogen (secondary N) is 1. The van der Waals surface area contributed by atoms with Gasteiger partial charge in [0.25, 0.3) is 5.91 Å². The molecule has 0 radical (unpaired) electrons. The highest BCUT2D eigenvalue weighted by Crippen LogP contribution is 2.34. The standard InChI is InChI=1S/C22H25ClN2O4S/c1-5-25(6-2)21(27)19-14(4)18(22(28)29-7-3)20(30-19)24-17(26)13-10-15-8-11-16(23)12-9-15/h8-13H,5-7H2,1-4H3,(H,24,26). The molecule has 0 bridgehead atoms. The third kappa shape index (κ3) is 5.70. The lowest BCUT2D eigenvalue weighted by Crippen LogP contribution is -2.30. The summed E-state index contributed by atoms with van der Waals surface area (Å²) in [7, 11) is 0. The Morgan fingerprint density at radius 2 is 1.77 bits per heavy atom. The van der Waals surface area contributed by atoms with E-state index in [9.17, 15) is 14.4 Å². The number of thiophene rings is 1. The molecule has 0 aliphatic heterocycles. The molecule has 1 aromatic carbocycles. The molecule has 0 unspecified atom stereocenters. The minimum absolute atomic E-state index is 0.176. The Balaban J connectivity index is 2.33. The number of carbonyl (C=O) groups is 3. The fourth-order valence-corrected chi connectivity index (χ4v) is 4.10.